The molecule has 0 saturated heterocycles. The summed E-state index contributed by atoms with van der Waals surface area (Å²) in [5, 5.41) is 0. The zero-order chi connectivity index (χ0) is 7.66. The van der Waals surface area contributed by atoms with Gasteiger partial charge < -0.3 is 0 Å². The van der Waals surface area contributed by atoms with E-state index in [0.717, 1.165) is 6.54 Å². The molecule has 0 rings (SSSR count). The van der Waals surface area contributed by atoms with Gasteiger partial charge in [-0.05, 0) is 31.4 Å². The molecular formula is C7H18N2S. The molecule has 0 aliphatic heterocycles. The van der Waals surface area contributed by atoms with Crippen LogP contribution in [0.3, 0.4) is 0 Å². The molecule has 0 aromatic carbocycles. The number of hydrogen-bond acceptors (Lipinski definition) is 3. The summed E-state index contributed by atoms with van der Waals surface area (Å²) in [6.45, 7) is 3.30. The van der Waals surface area contributed by atoms with Crippen molar-refractivity contribution in [1.29, 1.82) is 0 Å². The molecule has 0 radical (unpaired) electrons. The van der Waals surface area contributed by atoms with E-state index in [2.05, 4.69) is 17.8 Å². The summed E-state index contributed by atoms with van der Waals surface area (Å²) in [7, 11) is 1.90. The van der Waals surface area contributed by atoms with Gasteiger partial charge in [-0.2, -0.15) is 11.8 Å². The fraction of sp³-hybridized carbons (Fsp3) is 1.00. The maximum absolute atomic E-state index is 3.06. The summed E-state index contributed by atoms with van der Waals surface area (Å²) in [4.78, 5) is 0. The molecule has 0 aromatic heterocycles. The molecular weight excluding hydrogens is 144 g/mol. The minimum Gasteiger partial charge on any atom is -0.261 e. The third-order valence-electron chi connectivity index (χ3n) is 1.12. The molecule has 62 valence electrons. The molecule has 2 N–H and O–H groups in total. The van der Waals surface area contributed by atoms with Gasteiger partial charge in [0.2, 0.25) is 0 Å². The quantitative estimate of drug-likeness (QED) is 0.435. The minimum absolute atomic E-state index is 1.08. The van der Waals surface area contributed by atoms with Gasteiger partial charge in [0.25, 0.3) is 0 Å². The molecule has 0 spiro atoms. The maximum atomic E-state index is 3.06. The van der Waals surface area contributed by atoms with Crippen LogP contribution in [-0.4, -0.2) is 25.1 Å². The molecule has 0 aliphatic carbocycles. The molecule has 0 unspecified atom stereocenters. The molecule has 0 heterocycles. The van der Waals surface area contributed by atoms with E-state index >= 15 is 0 Å². The first-order chi connectivity index (χ1) is 4.91. The Bertz CT molecular complexity index is 51.6. The molecule has 10 heavy (non-hydrogen) atoms. The van der Waals surface area contributed by atoms with E-state index in [0.29, 0.717) is 0 Å². The van der Waals surface area contributed by atoms with Crippen molar-refractivity contribution in [1.82, 2.24) is 10.9 Å². The first-order valence-corrected chi connectivity index (χ1v) is 5.04. The van der Waals surface area contributed by atoms with Crippen LogP contribution >= 0.6 is 11.8 Å². The van der Waals surface area contributed by atoms with Crippen molar-refractivity contribution < 1.29 is 0 Å². The lowest BCUT2D eigenvalue weighted by Crippen LogP contribution is -2.28. The van der Waals surface area contributed by atoms with Crippen LogP contribution in [-0.2, 0) is 0 Å². The van der Waals surface area contributed by atoms with Crippen LogP contribution in [0.4, 0.5) is 0 Å². The van der Waals surface area contributed by atoms with Crippen molar-refractivity contribution in [2.24, 2.45) is 0 Å². The van der Waals surface area contributed by atoms with Crippen molar-refractivity contribution in [2.45, 2.75) is 19.8 Å². The Morgan fingerprint density at radius 1 is 1.30 bits per heavy atom. The SMILES string of the molecule is CCCSCCCNNC. The van der Waals surface area contributed by atoms with Crippen LogP contribution in [0.25, 0.3) is 0 Å². The Labute approximate surface area is 68.1 Å². The summed E-state index contributed by atoms with van der Waals surface area (Å²) in [6.07, 6.45) is 2.55. The molecule has 3 heteroatoms. The molecule has 0 bridgehead atoms. The lowest BCUT2D eigenvalue weighted by atomic mass is 10.5. The van der Waals surface area contributed by atoms with Crippen LogP contribution in [0.5, 0.6) is 0 Å². The predicted octanol–water partition coefficient (Wildman–Crippen LogP) is 1.24. The highest BCUT2D eigenvalue weighted by atomic mass is 32.2. The first kappa shape index (κ1) is 10.3. The Hall–Kier alpha value is 0.270. The third-order valence-corrected chi connectivity index (χ3v) is 2.39. The van der Waals surface area contributed by atoms with Gasteiger partial charge in [0.05, 0.1) is 0 Å². The van der Waals surface area contributed by atoms with Crippen molar-refractivity contribution in [3.8, 4) is 0 Å². The van der Waals surface area contributed by atoms with E-state index in [1.54, 1.807) is 0 Å². The normalized spacial score (nSPS) is 10.2. The molecule has 0 saturated carbocycles. The standard InChI is InChI=1S/C7H18N2S/c1-3-6-10-7-4-5-9-8-2/h8-9H,3-7H2,1-2H3. The summed E-state index contributed by atoms with van der Waals surface area (Å²) in [6, 6.07) is 0. The summed E-state index contributed by atoms with van der Waals surface area (Å²) in [5.74, 6) is 2.59. The lowest BCUT2D eigenvalue weighted by Gasteiger charge is -2.00. The van der Waals surface area contributed by atoms with E-state index < -0.39 is 0 Å². The highest BCUT2D eigenvalue weighted by Gasteiger charge is 1.86. The van der Waals surface area contributed by atoms with Gasteiger partial charge in [0.1, 0.15) is 0 Å². The van der Waals surface area contributed by atoms with Gasteiger partial charge in [-0.25, -0.2) is 0 Å². The summed E-state index contributed by atoms with van der Waals surface area (Å²) < 4.78 is 0. The average molecular weight is 162 g/mol. The van der Waals surface area contributed by atoms with Gasteiger partial charge in [-0.15, -0.1) is 0 Å². The van der Waals surface area contributed by atoms with Gasteiger partial charge in [0.15, 0.2) is 0 Å². The Kier molecular flexibility index (Phi) is 9.52. The minimum atomic E-state index is 1.08. The number of nitrogens with one attached hydrogen (secondary N) is 2. The van der Waals surface area contributed by atoms with Crippen LogP contribution in [0.2, 0.25) is 0 Å². The van der Waals surface area contributed by atoms with Crippen LogP contribution in [0.15, 0.2) is 0 Å². The fourth-order valence-electron chi connectivity index (χ4n) is 0.634. The molecule has 2 nitrogen and oxygen atoms in total. The van der Waals surface area contributed by atoms with E-state index in [4.69, 9.17) is 0 Å². The largest absolute Gasteiger partial charge is 0.261 e. The van der Waals surface area contributed by atoms with E-state index in [1.165, 1.54) is 24.3 Å². The molecule has 0 aliphatic rings. The van der Waals surface area contributed by atoms with Crippen molar-refractivity contribution in [3.63, 3.8) is 0 Å². The predicted molar refractivity (Wildman–Crippen MR) is 49.3 cm³/mol. The monoisotopic (exact) mass is 162 g/mol. The maximum Gasteiger partial charge on any atom is 0.0107 e. The number of thioether (sulfide) groups is 1. The van der Waals surface area contributed by atoms with Gasteiger partial charge in [0, 0.05) is 6.54 Å². The number of hydrogen-bond donors (Lipinski definition) is 2. The highest BCUT2D eigenvalue weighted by molar-refractivity contribution is 7.99. The van der Waals surface area contributed by atoms with Crippen LogP contribution < -0.4 is 10.9 Å². The molecule has 0 atom stereocenters. The van der Waals surface area contributed by atoms with Crippen molar-refractivity contribution in [2.75, 3.05) is 25.1 Å². The molecule has 0 aromatic rings. The first-order valence-electron chi connectivity index (χ1n) is 3.89. The van der Waals surface area contributed by atoms with E-state index in [9.17, 15) is 0 Å². The number of hydrazine groups is 1. The smallest absolute Gasteiger partial charge is 0.0107 e. The van der Waals surface area contributed by atoms with Crippen molar-refractivity contribution >= 4 is 11.8 Å². The Morgan fingerprint density at radius 3 is 2.70 bits per heavy atom. The fourth-order valence-corrected chi connectivity index (χ4v) is 1.48. The topological polar surface area (TPSA) is 24.1 Å². The molecule has 0 amide bonds. The third kappa shape index (κ3) is 8.27. The lowest BCUT2D eigenvalue weighted by molar-refractivity contribution is 0.592. The number of rotatable bonds is 7. The van der Waals surface area contributed by atoms with Crippen molar-refractivity contribution in [3.05, 3.63) is 0 Å². The van der Waals surface area contributed by atoms with Gasteiger partial charge in [-0.1, -0.05) is 6.92 Å². The van der Waals surface area contributed by atoms with E-state index in [1.807, 2.05) is 18.8 Å². The van der Waals surface area contributed by atoms with Crippen LogP contribution in [0.1, 0.15) is 19.8 Å². The summed E-state index contributed by atoms with van der Waals surface area (Å²) in [5.41, 5.74) is 5.96. The zero-order valence-electron chi connectivity index (χ0n) is 6.94. The Morgan fingerprint density at radius 2 is 2.10 bits per heavy atom. The second kappa shape index (κ2) is 9.27. The van der Waals surface area contributed by atoms with Gasteiger partial charge in [-0.3, -0.25) is 10.9 Å². The highest BCUT2D eigenvalue weighted by Crippen LogP contribution is 2.02. The Balaban J connectivity index is 2.65. The van der Waals surface area contributed by atoms with E-state index in [-0.39, 0.29) is 0 Å². The summed E-state index contributed by atoms with van der Waals surface area (Å²) >= 11 is 2.04. The molecule has 0 fully saturated rings. The second-order valence-corrected chi connectivity index (χ2v) is 3.37. The second-order valence-electron chi connectivity index (χ2n) is 2.14. The average Bonchev–Trinajstić information content (AvgIpc) is 1.97. The van der Waals surface area contributed by atoms with Gasteiger partial charge >= 0.3 is 0 Å². The van der Waals surface area contributed by atoms with Crippen LogP contribution in [0, 0.1) is 0 Å². The zero-order valence-corrected chi connectivity index (χ0v) is 7.76.